The third-order valence-corrected chi connectivity index (χ3v) is 2.95. The number of rotatable bonds is 5. The van der Waals surface area contributed by atoms with E-state index < -0.39 is 0 Å². The van der Waals surface area contributed by atoms with Gasteiger partial charge in [0, 0.05) is 10.5 Å². The summed E-state index contributed by atoms with van der Waals surface area (Å²) in [7, 11) is 0. The highest BCUT2D eigenvalue weighted by Gasteiger charge is 2.06. The number of halogens is 2. The predicted octanol–water partition coefficient (Wildman–Crippen LogP) is 3.65. The molecule has 0 radical (unpaired) electrons. The van der Waals surface area contributed by atoms with Crippen LogP contribution in [0.25, 0.3) is 0 Å². The molecular formula is C12H17BrFN. The Morgan fingerprint density at radius 2 is 2.13 bits per heavy atom. The molecule has 0 bridgehead atoms. The topological polar surface area (TPSA) is 26.0 Å². The van der Waals surface area contributed by atoms with E-state index in [2.05, 4.69) is 22.9 Å². The Morgan fingerprint density at radius 3 is 2.73 bits per heavy atom. The van der Waals surface area contributed by atoms with Gasteiger partial charge in [0.15, 0.2) is 0 Å². The maximum absolute atomic E-state index is 13.4. The van der Waals surface area contributed by atoms with Crippen LogP contribution < -0.4 is 5.73 Å². The zero-order chi connectivity index (χ0) is 11.3. The lowest BCUT2D eigenvalue weighted by molar-refractivity contribution is 0.544. The molecular weight excluding hydrogens is 257 g/mol. The first-order chi connectivity index (χ1) is 7.13. The Bertz CT molecular complexity index is 314. The van der Waals surface area contributed by atoms with Crippen molar-refractivity contribution in [2.24, 2.45) is 5.73 Å². The number of nitrogens with two attached hydrogens (primary N) is 1. The second kappa shape index (κ2) is 6.23. The molecule has 84 valence electrons. The van der Waals surface area contributed by atoms with E-state index in [-0.39, 0.29) is 11.9 Å². The van der Waals surface area contributed by atoms with Gasteiger partial charge in [0.1, 0.15) is 5.82 Å². The van der Waals surface area contributed by atoms with Crippen molar-refractivity contribution in [1.82, 2.24) is 0 Å². The lowest BCUT2D eigenvalue weighted by Crippen LogP contribution is -2.20. The Hall–Kier alpha value is -0.410. The highest BCUT2D eigenvalue weighted by atomic mass is 79.9. The third-order valence-electron chi connectivity index (χ3n) is 2.46. The molecule has 0 saturated carbocycles. The van der Waals surface area contributed by atoms with Crippen LogP contribution in [0.3, 0.4) is 0 Å². The second-order valence-corrected chi connectivity index (χ2v) is 4.74. The van der Waals surface area contributed by atoms with E-state index in [1.54, 1.807) is 0 Å². The average Bonchev–Trinajstić information content (AvgIpc) is 2.17. The highest BCUT2D eigenvalue weighted by Crippen LogP contribution is 2.17. The molecule has 2 N–H and O–H groups in total. The van der Waals surface area contributed by atoms with Crippen LogP contribution >= 0.6 is 15.9 Å². The zero-order valence-corrected chi connectivity index (χ0v) is 10.6. The molecule has 1 nitrogen and oxygen atoms in total. The molecule has 0 aliphatic rings. The predicted molar refractivity (Wildman–Crippen MR) is 65.3 cm³/mol. The summed E-state index contributed by atoms with van der Waals surface area (Å²) in [5.41, 5.74) is 6.63. The standard InChI is InChI=1S/C12H17BrFN/c1-2-3-11(15)7-5-9-4-6-10(13)8-12(9)14/h4,6,8,11H,2-3,5,7,15H2,1H3. The minimum Gasteiger partial charge on any atom is -0.328 e. The molecule has 1 atom stereocenters. The Morgan fingerprint density at radius 1 is 1.40 bits per heavy atom. The molecule has 1 aromatic carbocycles. The molecule has 0 amide bonds. The van der Waals surface area contributed by atoms with Crippen LogP contribution in [0.5, 0.6) is 0 Å². The first-order valence-electron chi connectivity index (χ1n) is 5.33. The Labute approximate surface area is 99.0 Å². The van der Waals surface area contributed by atoms with Crippen LogP contribution in [-0.2, 0) is 6.42 Å². The minimum atomic E-state index is -0.145. The van der Waals surface area contributed by atoms with Crippen molar-refractivity contribution < 1.29 is 4.39 Å². The number of hydrogen-bond donors (Lipinski definition) is 1. The SMILES string of the molecule is CCCC(N)CCc1ccc(Br)cc1F. The van der Waals surface area contributed by atoms with E-state index in [0.717, 1.165) is 35.7 Å². The van der Waals surface area contributed by atoms with Crippen LogP contribution in [0.1, 0.15) is 31.7 Å². The van der Waals surface area contributed by atoms with Crippen molar-refractivity contribution in [1.29, 1.82) is 0 Å². The van der Waals surface area contributed by atoms with Crippen LogP contribution in [-0.4, -0.2) is 6.04 Å². The molecule has 0 fully saturated rings. The van der Waals surface area contributed by atoms with Crippen LogP contribution in [0.2, 0.25) is 0 Å². The summed E-state index contributed by atoms with van der Waals surface area (Å²) in [5, 5.41) is 0. The fourth-order valence-electron chi connectivity index (χ4n) is 1.58. The van der Waals surface area contributed by atoms with Gasteiger partial charge >= 0.3 is 0 Å². The normalized spacial score (nSPS) is 12.8. The van der Waals surface area contributed by atoms with Crippen molar-refractivity contribution in [2.75, 3.05) is 0 Å². The molecule has 0 heterocycles. The molecule has 1 unspecified atom stereocenters. The molecule has 0 aliphatic heterocycles. The summed E-state index contributed by atoms with van der Waals surface area (Å²) < 4.78 is 14.2. The summed E-state index contributed by atoms with van der Waals surface area (Å²) in [6.07, 6.45) is 3.68. The fourth-order valence-corrected chi connectivity index (χ4v) is 1.91. The van der Waals surface area contributed by atoms with Crippen molar-refractivity contribution >= 4 is 15.9 Å². The van der Waals surface area contributed by atoms with E-state index in [0.29, 0.717) is 0 Å². The van der Waals surface area contributed by atoms with E-state index in [4.69, 9.17) is 5.73 Å². The van der Waals surface area contributed by atoms with E-state index >= 15 is 0 Å². The van der Waals surface area contributed by atoms with Gasteiger partial charge in [0.25, 0.3) is 0 Å². The van der Waals surface area contributed by atoms with Crippen LogP contribution in [0.4, 0.5) is 4.39 Å². The Kier molecular flexibility index (Phi) is 5.26. The highest BCUT2D eigenvalue weighted by molar-refractivity contribution is 9.10. The molecule has 0 aliphatic carbocycles. The largest absolute Gasteiger partial charge is 0.328 e. The lowest BCUT2D eigenvalue weighted by Gasteiger charge is -2.10. The third kappa shape index (κ3) is 4.31. The zero-order valence-electron chi connectivity index (χ0n) is 8.97. The maximum atomic E-state index is 13.4. The molecule has 15 heavy (non-hydrogen) atoms. The Balaban J connectivity index is 2.50. The molecule has 0 spiro atoms. The van der Waals surface area contributed by atoms with Crippen molar-refractivity contribution in [2.45, 2.75) is 38.6 Å². The summed E-state index contributed by atoms with van der Waals surface area (Å²) in [4.78, 5) is 0. The van der Waals surface area contributed by atoms with Gasteiger partial charge in [0.05, 0.1) is 0 Å². The second-order valence-electron chi connectivity index (χ2n) is 3.82. The van der Waals surface area contributed by atoms with Gasteiger partial charge < -0.3 is 5.73 Å². The lowest BCUT2D eigenvalue weighted by atomic mass is 10.0. The average molecular weight is 274 g/mol. The summed E-state index contributed by atoms with van der Waals surface area (Å²) in [6, 6.07) is 5.38. The van der Waals surface area contributed by atoms with E-state index in [1.807, 2.05) is 12.1 Å². The molecule has 1 rings (SSSR count). The van der Waals surface area contributed by atoms with Crippen molar-refractivity contribution in [3.8, 4) is 0 Å². The van der Waals surface area contributed by atoms with E-state index in [9.17, 15) is 4.39 Å². The van der Waals surface area contributed by atoms with Crippen LogP contribution in [0, 0.1) is 5.82 Å². The van der Waals surface area contributed by atoms with Gasteiger partial charge in [0.2, 0.25) is 0 Å². The number of hydrogen-bond acceptors (Lipinski definition) is 1. The van der Waals surface area contributed by atoms with Gasteiger partial charge in [-0.25, -0.2) is 4.39 Å². The fraction of sp³-hybridized carbons (Fsp3) is 0.500. The van der Waals surface area contributed by atoms with Crippen molar-refractivity contribution in [3.63, 3.8) is 0 Å². The number of aryl methyl sites for hydroxylation is 1. The maximum Gasteiger partial charge on any atom is 0.127 e. The van der Waals surface area contributed by atoms with Crippen molar-refractivity contribution in [3.05, 3.63) is 34.1 Å². The van der Waals surface area contributed by atoms with Gasteiger partial charge in [-0.05, 0) is 37.0 Å². The van der Waals surface area contributed by atoms with Crippen LogP contribution in [0.15, 0.2) is 22.7 Å². The van der Waals surface area contributed by atoms with Gasteiger partial charge in [-0.1, -0.05) is 35.3 Å². The molecule has 0 saturated heterocycles. The smallest absolute Gasteiger partial charge is 0.127 e. The number of benzene rings is 1. The first-order valence-corrected chi connectivity index (χ1v) is 6.12. The van der Waals surface area contributed by atoms with Gasteiger partial charge in [-0.2, -0.15) is 0 Å². The first kappa shape index (κ1) is 12.7. The summed E-state index contributed by atoms with van der Waals surface area (Å²) in [6.45, 7) is 2.11. The summed E-state index contributed by atoms with van der Waals surface area (Å²) >= 11 is 3.24. The molecule has 1 aromatic rings. The monoisotopic (exact) mass is 273 g/mol. The molecule has 0 aromatic heterocycles. The molecule has 3 heteroatoms. The van der Waals surface area contributed by atoms with E-state index in [1.165, 1.54) is 6.07 Å². The minimum absolute atomic E-state index is 0.145. The van der Waals surface area contributed by atoms with Gasteiger partial charge in [-0.15, -0.1) is 0 Å². The summed E-state index contributed by atoms with van der Waals surface area (Å²) in [5.74, 6) is -0.145. The quantitative estimate of drug-likeness (QED) is 0.871. The van der Waals surface area contributed by atoms with Gasteiger partial charge in [-0.3, -0.25) is 0 Å².